The first kappa shape index (κ1) is 14.9. The first-order valence-corrected chi connectivity index (χ1v) is 6.80. The van der Waals surface area contributed by atoms with Crippen molar-refractivity contribution in [2.75, 3.05) is 12.4 Å². The van der Waals surface area contributed by atoms with E-state index in [2.05, 4.69) is 10.1 Å². The molecule has 0 aliphatic heterocycles. The first-order valence-electron chi connectivity index (χ1n) is 6.80. The van der Waals surface area contributed by atoms with Gasteiger partial charge in [0.2, 0.25) is 0 Å². The summed E-state index contributed by atoms with van der Waals surface area (Å²) in [7, 11) is 1.37. The third kappa shape index (κ3) is 4.53. The molecule has 0 radical (unpaired) electrons. The highest BCUT2D eigenvalue weighted by atomic mass is 16.5. The van der Waals surface area contributed by atoms with Gasteiger partial charge in [-0.15, -0.1) is 0 Å². The number of methoxy groups -OCH3 is 1. The van der Waals surface area contributed by atoms with Crippen molar-refractivity contribution in [3.8, 4) is 5.75 Å². The lowest BCUT2D eigenvalue weighted by atomic mass is 10.2. The molecule has 2 rings (SSSR count). The molecule has 0 saturated heterocycles. The van der Waals surface area contributed by atoms with Gasteiger partial charge < -0.3 is 14.8 Å². The van der Waals surface area contributed by atoms with Crippen molar-refractivity contribution in [3.63, 3.8) is 0 Å². The van der Waals surface area contributed by atoms with Gasteiger partial charge in [-0.05, 0) is 24.6 Å². The van der Waals surface area contributed by atoms with E-state index in [4.69, 9.17) is 4.74 Å². The van der Waals surface area contributed by atoms with Gasteiger partial charge in [0.15, 0.2) is 0 Å². The number of esters is 1. The Labute approximate surface area is 124 Å². The Bertz CT molecular complexity index is 584. The van der Waals surface area contributed by atoms with Crippen molar-refractivity contribution in [1.29, 1.82) is 0 Å². The zero-order chi connectivity index (χ0) is 15.1. The quantitative estimate of drug-likeness (QED) is 0.828. The lowest BCUT2D eigenvalue weighted by molar-refractivity contribution is -0.141. The average Bonchev–Trinajstić information content (AvgIpc) is 2.53. The highest BCUT2D eigenvalue weighted by molar-refractivity contribution is 5.78. The summed E-state index contributed by atoms with van der Waals surface area (Å²) in [5, 5.41) is 3.08. The van der Waals surface area contributed by atoms with E-state index in [0.29, 0.717) is 6.61 Å². The van der Waals surface area contributed by atoms with Crippen LogP contribution in [0.25, 0.3) is 0 Å². The molecule has 0 fully saturated rings. The van der Waals surface area contributed by atoms with E-state index in [0.717, 1.165) is 17.0 Å². The maximum atomic E-state index is 11.4. The van der Waals surface area contributed by atoms with Crippen LogP contribution < -0.4 is 10.1 Å². The number of ether oxygens (including phenoxy) is 2. The van der Waals surface area contributed by atoms with Crippen molar-refractivity contribution < 1.29 is 14.3 Å². The fraction of sp³-hybridized carbons (Fsp3) is 0.235. The Morgan fingerprint density at radius 1 is 1.14 bits per heavy atom. The molecule has 0 aliphatic carbocycles. The SMILES string of the molecule is COC(=O)[C@@H](C)Nc1cccc(OCc2ccccc2)c1. The summed E-state index contributed by atoms with van der Waals surface area (Å²) in [6.07, 6.45) is 0. The van der Waals surface area contributed by atoms with Crippen molar-refractivity contribution in [3.05, 3.63) is 60.2 Å². The van der Waals surface area contributed by atoms with Crippen molar-refractivity contribution >= 4 is 11.7 Å². The fourth-order valence-corrected chi connectivity index (χ4v) is 1.90. The molecule has 2 aromatic rings. The molecule has 0 aliphatic rings. The molecule has 1 N–H and O–H groups in total. The van der Waals surface area contributed by atoms with E-state index in [1.807, 2.05) is 54.6 Å². The molecule has 0 spiro atoms. The number of anilines is 1. The molecule has 2 aromatic carbocycles. The molecule has 0 aromatic heterocycles. The molecule has 4 nitrogen and oxygen atoms in total. The summed E-state index contributed by atoms with van der Waals surface area (Å²) >= 11 is 0. The summed E-state index contributed by atoms with van der Waals surface area (Å²) < 4.78 is 10.4. The van der Waals surface area contributed by atoms with Crippen LogP contribution in [-0.4, -0.2) is 19.1 Å². The molecule has 110 valence electrons. The molecule has 21 heavy (non-hydrogen) atoms. The number of hydrogen-bond acceptors (Lipinski definition) is 4. The summed E-state index contributed by atoms with van der Waals surface area (Å²) in [4.78, 5) is 11.4. The van der Waals surface area contributed by atoms with Crippen LogP contribution in [0, 0.1) is 0 Å². The van der Waals surface area contributed by atoms with Crippen LogP contribution in [0.3, 0.4) is 0 Å². The van der Waals surface area contributed by atoms with Crippen LogP contribution in [-0.2, 0) is 16.1 Å². The molecule has 0 amide bonds. The topological polar surface area (TPSA) is 47.6 Å². The summed E-state index contributed by atoms with van der Waals surface area (Å²) in [6, 6.07) is 17.1. The third-order valence-corrected chi connectivity index (χ3v) is 3.02. The average molecular weight is 285 g/mol. The van der Waals surface area contributed by atoms with Crippen LogP contribution in [0.5, 0.6) is 5.75 Å². The lowest BCUT2D eigenvalue weighted by Gasteiger charge is -2.14. The molecule has 0 unspecified atom stereocenters. The van der Waals surface area contributed by atoms with Crippen LogP contribution in [0.15, 0.2) is 54.6 Å². The molecule has 4 heteroatoms. The lowest BCUT2D eigenvalue weighted by Crippen LogP contribution is -2.27. The van der Waals surface area contributed by atoms with Crippen molar-refractivity contribution in [1.82, 2.24) is 0 Å². The molecular formula is C17H19NO3. The van der Waals surface area contributed by atoms with E-state index in [1.165, 1.54) is 7.11 Å². The van der Waals surface area contributed by atoms with Gasteiger partial charge in [-0.3, -0.25) is 0 Å². The van der Waals surface area contributed by atoms with E-state index < -0.39 is 6.04 Å². The van der Waals surface area contributed by atoms with Gasteiger partial charge in [-0.25, -0.2) is 4.79 Å². The molecule has 1 atom stereocenters. The van der Waals surface area contributed by atoms with Gasteiger partial charge in [0.05, 0.1) is 7.11 Å². The van der Waals surface area contributed by atoms with Gasteiger partial charge in [-0.1, -0.05) is 36.4 Å². The summed E-state index contributed by atoms with van der Waals surface area (Å²) in [5.74, 6) is 0.450. The molecular weight excluding hydrogens is 266 g/mol. The van der Waals surface area contributed by atoms with Crippen LogP contribution >= 0.6 is 0 Å². The van der Waals surface area contributed by atoms with Gasteiger partial charge >= 0.3 is 5.97 Å². The largest absolute Gasteiger partial charge is 0.489 e. The highest BCUT2D eigenvalue weighted by Gasteiger charge is 2.12. The second kappa shape index (κ2) is 7.33. The fourth-order valence-electron chi connectivity index (χ4n) is 1.90. The number of nitrogens with one attached hydrogen (secondary N) is 1. The normalized spacial score (nSPS) is 11.5. The molecule has 0 saturated carbocycles. The van der Waals surface area contributed by atoms with Crippen molar-refractivity contribution in [2.24, 2.45) is 0 Å². The standard InChI is InChI=1S/C17H19NO3/c1-13(17(19)20-2)18-15-9-6-10-16(11-15)21-12-14-7-4-3-5-8-14/h3-11,13,18H,12H2,1-2H3/t13-/m1/s1. The smallest absolute Gasteiger partial charge is 0.327 e. The number of rotatable bonds is 6. The Kier molecular flexibility index (Phi) is 5.21. The van der Waals surface area contributed by atoms with Crippen molar-refractivity contribution in [2.45, 2.75) is 19.6 Å². The zero-order valence-electron chi connectivity index (χ0n) is 12.2. The number of benzene rings is 2. The molecule has 0 bridgehead atoms. The minimum Gasteiger partial charge on any atom is -0.489 e. The van der Waals surface area contributed by atoms with E-state index >= 15 is 0 Å². The van der Waals surface area contributed by atoms with Gasteiger partial charge in [0, 0.05) is 11.8 Å². The second-order valence-electron chi connectivity index (χ2n) is 4.69. The van der Waals surface area contributed by atoms with E-state index in [-0.39, 0.29) is 5.97 Å². The van der Waals surface area contributed by atoms with Gasteiger partial charge in [0.1, 0.15) is 18.4 Å². The van der Waals surface area contributed by atoms with Gasteiger partial charge in [-0.2, -0.15) is 0 Å². The third-order valence-electron chi connectivity index (χ3n) is 3.02. The zero-order valence-corrected chi connectivity index (χ0v) is 12.2. The minimum atomic E-state index is -0.403. The highest BCUT2D eigenvalue weighted by Crippen LogP contribution is 2.19. The maximum absolute atomic E-state index is 11.4. The monoisotopic (exact) mass is 285 g/mol. The first-order chi connectivity index (χ1) is 10.2. The van der Waals surface area contributed by atoms with Crippen LogP contribution in [0.1, 0.15) is 12.5 Å². The Balaban J connectivity index is 1.96. The van der Waals surface area contributed by atoms with Crippen LogP contribution in [0.2, 0.25) is 0 Å². The summed E-state index contributed by atoms with van der Waals surface area (Å²) in [5.41, 5.74) is 1.93. The van der Waals surface area contributed by atoms with Crippen LogP contribution in [0.4, 0.5) is 5.69 Å². The predicted octanol–water partition coefficient (Wildman–Crippen LogP) is 3.24. The Morgan fingerprint density at radius 3 is 2.62 bits per heavy atom. The van der Waals surface area contributed by atoms with Gasteiger partial charge in [0.25, 0.3) is 0 Å². The molecule has 0 heterocycles. The number of carbonyl (C=O) groups is 1. The van der Waals surface area contributed by atoms with E-state index in [9.17, 15) is 4.79 Å². The predicted molar refractivity (Wildman–Crippen MR) is 82.3 cm³/mol. The summed E-state index contributed by atoms with van der Waals surface area (Å²) in [6.45, 7) is 2.26. The second-order valence-corrected chi connectivity index (χ2v) is 4.69. The maximum Gasteiger partial charge on any atom is 0.327 e. The number of carbonyl (C=O) groups excluding carboxylic acids is 1. The Hall–Kier alpha value is -2.49. The van der Waals surface area contributed by atoms with E-state index in [1.54, 1.807) is 6.92 Å². The Morgan fingerprint density at radius 2 is 1.90 bits per heavy atom. The number of hydrogen-bond donors (Lipinski definition) is 1. The minimum absolute atomic E-state index is 0.300.